The van der Waals surface area contributed by atoms with Crippen molar-refractivity contribution < 1.29 is 19.7 Å². The molecule has 0 aromatic carbocycles. The fraction of sp³-hybridized carbons (Fsp3) is 1.00. The second-order valence-corrected chi connectivity index (χ2v) is 3.91. The van der Waals surface area contributed by atoms with Crippen LogP contribution >= 0.6 is 0 Å². The van der Waals surface area contributed by atoms with E-state index in [1.54, 1.807) is 6.92 Å². The van der Waals surface area contributed by atoms with Gasteiger partial charge in [-0.3, -0.25) is 0 Å². The molecule has 0 aliphatic heterocycles. The van der Waals surface area contributed by atoms with Crippen molar-refractivity contribution in [2.45, 2.75) is 51.9 Å². The van der Waals surface area contributed by atoms with Crippen LogP contribution in [0.2, 0.25) is 0 Å². The smallest absolute Gasteiger partial charge is 0.0781 e. The van der Waals surface area contributed by atoms with Crippen LogP contribution in [0, 0.1) is 0 Å². The third kappa shape index (κ3) is 8.81. The highest BCUT2D eigenvalue weighted by atomic mass is 16.5. The van der Waals surface area contributed by atoms with Gasteiger partial charge in [0.25, 0.3) is 0 Å². The van der Waals surface area contributed by atoms with Crippen LogP contribution in [0.4, 0.5) is 0 Å². The molecule has 15 heavy (non-hydrogen) atoms. The summed E-state index contributed by atoms with van der Waals surface area (Å²) in [6.45, 7) is 6.54. The highest BCUT2D eigenvalue weighted by molar-refractivity contribution is 4.56. The molecule has 0 aromatic rings. The van der Waals surface area contributed by atoms with E-state index in [9.17, 15) is 5.11 Å². The minimum absolute atomic E-state index is 0.0190. The number of hydrogen-bond acceptors (Lipinski definition) is 4. The Morgan fingerprint density at radius 1 is 1.07 bits per heavy atom. The summed E-state index contributed by atoms with van der Waals surface area (Å²) in [7, 11) is 0. The number of aliphatic hydroxyl groups excluding tert-OH is 2. The van der Waals surface area contributed by atoms with Crippen molar-refractivity contribution in [3.8, 4) is 0 Å². The summed E-state index contributed by atoms with van der Waals surface area (Å²) < 4.78 is 10.7. The van der Waals surface area contributed by atoms with Crippen LogP contribution in [-0.4, -0.2) is 48.3 Å². The van der Waals surface area contributed by atoms with E-state index >= 15 is 0 Å². The maximum absolute atomic E-state index is 9.42. The molecule has 4 nitrogen and oxygen atoms in total. The maximum atomic E-state index is 9.42. The average molecular weight is 220 g/mol. The average Bonchev–Trinajstić information content (AvgIpc) is 2.23. The van der Waals surface area contributed by atoms with Gasteiger partial charge in [-0.15, -0.1) is 0 Å². The molecule has 2 N–H and O–H groups in total. The molecule has 0 fully saturated rings. The Balaban J connectivity index is 3.44. The van der Waals surface area contributed by atoms with E-state index < -0.39 is 0 Å². The minimum atomic E-state index is -0.382. The van der Waals surface area contributed by atoms with Gasteiger partial charge in [0.2, 0.25) is 0 Å². The van der Waals surface area contributed by atoms with Gasteiger partial charge >= 0.3 is 0 Å². The first kappa shape index (κ1) is 14.8. The van der Waals surface area contributed by atoms with Gasteiger partial charge in [0.15, 0.2) is 0 Å². The SMILES string of the molecule is CCCC(O)COC(C)COC(C)CO. The highest BCUT2D eigenvalue weighted by Crippen LogP contribution is 2.01. The molecule has 3 unspecified atom stereocenters. The van der Waals surface area contributed by atoms with Crippen molar-refractivity contribution in [3.63, 3.8) is 0 Å². The molecule has 92 valence electrons. The highest BCUT2D eigenvalue weighted by Gasteiger charge is 2.09. The Bertz CT molecular complexity index is 141. The summed E-state index contributed by atoms with van der Waals surface area (Å²) in [6.07, 6.45) is 1.13. The zero-order valence-corrected chi connectivity index (χ0v) is 9.98. The Morgan fingerprint density at radius 2 is 1.67 bits per heavy atom. The van der Waals surface area contributed by atoms with Crippen molar-refractivity contribution in [2.75, 3.05) is 19.8 Å². The monoisotopic (exact) mass is 220 g/mol. The lowest BCUT2D eigenvalue weighted by atomic mass is 10.2. The summed E-state index contributed by atoms with van der Waals surface area (Å²) in [4.78, 5) is 0. The summed E-state index contributed by atoms with van der Waals surface area (Å²) >= 11 is 0. The molecule has 0 saturated carbocycles. The number of hydrogen-bond donors (Lipinski definition) is 2. The van der Waals surface area contributed by atoms with Gasteiger partial charge in [0, 0.05) is 0 Å². The van der Waals surface area contributed by atoms with Crippen molar-refractivity contribution in [2.24, 2.45) is 0 Å². The third-order valence-electron chi connectivity index (χ3n) is 2.07. The van der Waals surface area contributed by atoms with Gasteiger partial charge in [-0.2, -0.15) is 0 Å². The van der Waals surface area contributed by atoms with E-state index in [1.807, 2.05) is 13.8 Å². The lowest BCUT2D eigenvalue weighted by Crippen LogP contribution is -2.25. The van der Waals surface area contributed by atoms with Gasteiger partial charge in [-0.05, 0) is 20.3 Å². The molecule has 3 atom stereocenters. The van der Waals surface area contributed by atoms with Crippen molar-refractivity contribution in [1.29, 1.82) is 0 Å². The molecule has 0 aliphatic rings. The van der Waals surface area contributed by atoms with Crippen molar-refractivity contribution in [1.82, 2.24) is 0 Å². The summed E-state index contributed by atoms with van der Waals surface area (Å²) in [5, 5.41) is 18.1. The van der Waals surface area contributed by atoms with Gasteiger partial charge in [-0.25, -0.2) is 0 Å². The lowest BCUT2D eigenvalue weighted by Gasteiger charge is -2.18. The van der Waals surface area contributed by atoms with E-state index in [0.29, 0.717) is 13.2 Å². The summed E-state index contributed by atoms with van der Waals surface area (Å²) in [5.41, 5.74) is 0. The van der Waals surface area contributed by atoms with E-state index in [1.165, 1.54) is 0 Å². The van der Waals surface area contributed by atoms with Crippen molar-refractivity contribution >= 4 is 0 Å². The molecule has 0 rings (SSSR count). The van der Waals surface area contributed by atoms with Crippen LogP contribution < -0.4 is 0 Å². The normalized spacial score (nSPS) is 17.4. The topological polar surface area (TPSA) is 58.9 Å². The number of ether oxygens (including phenoxy) is 2. The predicted molar refractivity (Wildman–Crippen MR) is 58.8 cm³/mol. The fourth-order valence-corrected chi connectivity index (χ4v) is 1.09. The van der Waals surface area contributed by atoms with E-state index in [2.05, 4.69) is 0 Å². The molecule has 0 aromatic heterocycles. The molecule has 0 bridgehead atoms. The molecule has 0 radical (unpaired) electrons. The van der Waals surface area contributed by atoms with E-state index in [-0.39, 0.29) is 24.9 Å². The van der Waals surface area contributed by atoms with Gasteiger partial charge in [-0.1, -0.05) is 13.3 Å². The molecule has 0 aliphatic carbocycles. The molecule has 0 amide bonds. The third-order valence-corrected chi connectivity index (χ3v) is 2.07. The molecule has 4 heteroatoms. The first-order valence-electron chi connectivity index (χ1n) is 5.62. The Labute approximate surface area is 92.2 Å². The van der Waals surface area contributed by atoms with Crippen LogP contribution in [0.3, 0.4) is 0 Å². The lowest BCUT2D eigenvalue weighted by molar-refractivity contribution is -0.0655. The largest absolute Gasteiger partial charge is 0.394 e. The van der Waals surface area contributed by atoms with E-state index in [0.717, 1.165) is 12.8 Å². The van der Waals surface area contributed by atoms with Gasteiger partial charge in [0.1, 0.15) is 0 Å². The Kier molecular flexibility index (Phi) is 9.00. The first-order valence-corrected chi connectivity index (χ1v) is 5.62. The van der Waals surface area contributed by atoms with Crippen LogP contribution in [0.15, 0.2) is 0 Å². The fourth-order valence-electron chi connectivity index (χ4n) is 1.09. The van der Waals surface area contributed by atoms with E-state index in [4.69, 9.17) is 14.6 Å². The summed E-state index contributed by atoms with van der Waals surface area (Å²) in [5.74, 6) is 0. The van der Waals surface area contributed by atoms with Crippen molar-refractivity contribution in [3.05, 3.63) is 0 Å². The van der Waals surface area contributed by atoms with Crippen LogP contribution in [-0.2, 0) is 9.47 Å². The first-order chi connectivity index (χ1) is 7.10. The standard InChI is InChI=1S/C11H24O4/c1-4-5-11(13)8-15-10(3)7-14-9(2)6-12/h9-13H,4-8H2,1-3H3. The van der Waals surface area contributed by atoms with Gasteiger partial charge in [0.05, 0.1) is 38.1 Å². The van der Waals surface area contributed by atoms with Crippen LogP contribution in [0.5, 0.6) is 0 Å². The minimum Gasteiger partial charge on any atom is -0.394 e. The molecule has 0 spiro atoms. The molecule has 0 heterocycles. The quantitative estimate of drug-likeness (QED) is 0.607. The molecule has 0 saturated heterocycles. The zero-order chi connectivity index (χ0) is 11.7. The molecular weight excluding hydrogens is 196 g/mol. The second kappa shape index (κ2) is 9.09. The van der Waals surface area contributed by atoms with Gasteiger partial charge < -0.3 is 19.7 Å². The predicted octanol–water partition coefficient (Wildman–Crippen LogP) is 0.950. The second-order valence-electron chi connectivity index (χ2n) is 3.91. The number of rotatable bonds is 9. The van der Waals surface area contributed by atoms with Crippen LogP contribution in [0.1, 0.15) is 33.6 Å². The Hall–Kier alpha value is -0.160. The summed E-state index contributed by atoms with van der Waals surface area (Å²) in [6, 6.07) is 0. The maximum Gasteiger partial charge on any atom is 0.0781 e. The Morgan fingerprint density at radius 3 is 2.20 bits per heavy atom. The number of aliphatic hydroxyl groups is 2. The zero-order valence-electron chi connectivity index (χ0n) is 9.98. The molecular formula is C11H24O4. The van der Waals surface area contributed by atoms with Crippen LogP contribution in [0.25, 0.3) is 0 Å².